The first-order chi connectivity index (χ1) is 12.7. The van der Waals surface area contributed by atoms with E-state index < -0.39 is 0 Å². The van der Waals surface area contributed by atoms with E-state index in [9.17, 15) is 0 Å². The third-order valence-electron chi connectivity index (χ3n) is 4.31. The number of hydrogen-bond acceptors (Lipinski definition) is 3. The van der Waals surface area contributed by atoms with Gasteiger partial charge in [-0.3, -0.25) is 9.38 Å². The molecule has 0 aliphatic heterocycles. The van der Waals surface area contributed by atoms with Gasteiger partial charge in [-0.1, -0.05) is 43.7 Å². The maximum absolute atomic E-state index is 4.60. The fourth-order valence-corrected chi connectivity index (χ4v) is 3.07. The van der Waals surface area contributed by atoms with Gasteiger partial charge < -0.3 is 4.57 Å². The predicted octanol–water partition coefficient (Wildman–Crippen LogP) is 4.25. The monoisotopic (exact) mass is 347 g/mol. The van der Waals surface area contributed by atoms with E-state index in [4.69, 9.17) is 0 Å². The number of nitrogens with zero attached hydrogens (tertiary/aromatic N) is 5. The molecule has 0 saturated carbocycles. The van der Waals surface area contributed by atoms with Crippen molar-refractivity contribution < 1.29 is 0 Å². The Morgan fingerprint density at radius 1 is 1.00 bits per heavy atom. The Labute approximate surface area is 154 Å². The smallest absolute Gasteiger partial charge is 0.159 e. The van der Waals surface area contributed by atoms with Gasteiger partial charge in [0.25, 0.3) is 0 Å². The molecule has 0 radical (unpaired) electrons. The lowest BCUT2D eigenvalue weighted by Gasteiger charge is -2.06. The first kappa shape index (κ1) is 17.9. The minimum Gasteiger partial charge on any atom is -0.332 e. The number of imidazole rings is 2. The zero-order valence-corrected chi connectivity index (χ0v) is 15.8. The van der Waals surface area contributed by atoms with E-state index in [1.54, 1.807) is 6.33 Å². The van der Waals surface area contributed by atoms with E-state index >= 15 is 0 Å². The van der Waals surface area contributed by atoms with Crippen molar-refractivity contribution in [1.82, 2.24) is 23.9 Å². The lowest BCUT2D eigenvalue weighted by molar-refractivity contribution is 0.894. The number of benzene rings is 1. The molecule has 4 rings (SSSR count). The summed E-state index contributed by atoms with van der Waals surface area (Å²) >= 11 is 0. The van der Waals surface area contributed by atoms with Crippen molar-refractivity contribution in [2.24, 2.45) is 7.05 Å². The van der Waals surface area contributed by atoms with Gasteiger partial charge in [0.15, 0.2) is 5.65 Å². The average Bonchev–Trinajstić information content (AvgIpc) is 3.27. The third kappa shape index (κ3) is 3.52. The van der Waals surface area contributed by atoms with E-state index in [0.29, 0.717) is 0 Å². The molecular formula is C21H25N5. The molecule has 0 saturated heterocycles. The number of fused-ring (bicyclic) bond motifs is 1. The summed E-state index contributed by atoms with van der Waals surface area (Å²) in [6, 6.07) is 8.62. The number of hydrogen-bond donors (Lipinski definition) is 0. The summed E-state index contributed by atoms with van der Waals surface area (Å²) in [7, 11) is 1.99. The molecule has 0 bridgehead atoms. The van der Waals surface area contributed by atoms with Crippen LogP contribution in [-0.4, -0.2) is 23.9 Å². The minimum atomic E-state index is 0.871. The Bertz CT molecular complexity index is 996. The van der Waals surface area contributed by atoms with Crippen LogP contribution in [0.1, 0.15) is 30.7 Å². The van der Waals surface area contributed by atoms with Gasteiger partial charge in [0.2, 0.25) is 0 Å². The van der Waals surface area contributed by atoms with Gasteiger partial charge in [-0.25, -0.2) is 9.97 Å². The molecule has 0 spiro atoms. The second kappa shape index (κ2) is 7.95. The lowest BCUT2D eigenvalue weighted by Crippen LogP contribution is -2.00. The second-order valence-corrected chi connectivity index (χ2v) is 6.09. The van der Waals surface area contributed by atoms with Crippen molar-refractivity contribution in [3.63, 3.8) is 0 Å². The Morgan fingerprint density at radius 3 is 2.58 bits per heavy atom. The summed E-state index contributed by atoms with van der Waals surface area (Å²) in [6.45, 7) is 6.12. The highest BCUT2D eigenvalue weighted by molar-refractivity contribution is 5.61. The van der Waals surface area contributed by atoms with E-state index in [2.05, 4.69) is 50.5 Å². The summed E-state index contributed by atoms with van der Waals surface area (Å²) in [6.07, 6.45) is 11.2. The van der Waals surface area contributed by atoms with Gasteiger partial charge in [0.1, 0.15) is 0 Å². The quantitative estimate of drug-likeness (QED) is 0.554. The first-order valence-corrected chi connectivity index (χ1v) is 9.05. The molecule has 0 aliphatic rings. The predicted molar refractivity (Wildman–Crippen MR) is 105 cm³/mol. The first-order valence-electron chi connectivity index (χ1n) is 9.05. The number of aromatic nitrogens is 5. The Hall–Kier alpha value is -2.95. The highest BCUT2D eigenvalue weighted by Gasteiger charge is 2.12. The molecule has 0 unspecified atom stereocenters. The zero-order valence-electron chi connectivity index (χ0n) is 15.8. The maximum Gasteiger partial charge on any atom is 0.159 e. The van der Waals surface area contributed by atoms with Crippen molar-refractivity contribution in [3.05, 3.63) is 72.2 Å². The highest BCUT2D eigenvalue weighted by atomic mass is 15.1. The van der Waals surface area contributed by atoms with Crippen molar-refractivity contribution >= 4 is 5.65 Å². The van der Waals surface area contributed by atoms with Crippen molar-refractivity contribution in [2.75, 3.05) is 0 Å². The van der Waals surface area contributed by atoms with Crippen LogP contribution in [0.15, 0.2) is 55.4 Å². The Kier molecular flexibility index (Phi) is 5.46. The zero-order chi connectivity index (χ0) is 18.5. The fourth-order valence-electron chi connectivity index (χ4n) is 3.07. The third-order valence-corrected chi connectivity index (χ3v) is 4.31. The van der Waals surface area contributed by atoms with Crippen LogP contribution in [-0.2, 0) is 19.9 Å². The summed E-state index contributed by atoms with van der Waals surface area (Å²) in [4.78, 5) is 13.4. The van der Waals surface area contributed by atoms with Crippen molar-refractivity contribution in [1.29, 1.82) is 0 Å². The topological polar surface area (TPSA) is 48.0 Å². The Balaban J connectivity index is 0.000000948. The van der Waals surface area contributed by atoms with Crippen LogP contribution in [0.25, 0.3) is 17.0 Å². The lowest BCUT2D eigenvalue weighted by atomic mass is 10.1. The molecule has 1 aromatic carbocycles. The standard InChI is InChI=1S/C19H19N5.C2H6/c1-14-4-3-5-15(10-14)6-7-16-19-22-12-18(24(19)9-8-21-16)17-11-20-13-23(17)2;1-2/h3-5,8-13H,6-7H2,1-2H3;1-2H3. The molecule has 5 nitrogen and oxygen atoms in total. The molecule has 0 aliphatic carbocycles. The average molecular weight is 347 g/mol. The van der Waals surface area contributed by atoms with Gasteiger partial charge in [-0.05, 0) is 25.3 Å². The molecule has 5 heteroatoms. The molecule has 0 atom stereocenters. The summed E-state index contributed by atoms with van der Waals surface area (Å²) in [5.74, 6) is 0. The van der Waals surface area contributed by atoms with E-state index in [-0.39, 0.29) is 0 Å². The molecule has 134 valence electrons. The van der Waals surface area contributed by atoms with Crippen LogP contribution >= 0.6 is 0 Å². The van der Waals surface area contributed by atoms with Gasteiger partial charge in [-0.15, -0.1) is 0 Å². The van der Waals surface area contributed by atoms with Crippen LogP contribution in [0, 0.1) is 6.92 Å². The largest absolute Gasteiger partial charge is 0.332 e. The molecule has 0 fully saturated rings. The normalized spacial score (nSPS) is 10.6. The minimum absolute atomic E-state index is 0.871. The fraction of sp³-hybridized carbons (Fsp3) is 0.286. The van der Waals surface area contributed by atoms with Gasteiger partial charge >= 0.3 is 0 Å². The van der Waals surface area contributed by atoms with Crippen molar-refractivity contribution in [3.8, 4) is 11.4 Å². The van der Waals surface area contributed by atoms with E-state index in [0.717, 1.165) is 35.6 Å². The van der Waals surface area contributed by atoms with Crippen LogP contribution < -0.4 is 0 Å². The molecule has 3 heterocycles. The molecule has 3 aromatic heterocycles. The maximum atomic E-state index is 4.60. The second-order valence-electron chi connectivity index (χ2n) is 6.09. The number of rotatable bonds is 4. The van der Waals surface area contributed by atoms with Gasteiger partial charge in [0, 0.05) is 19.4 Å². The molecular weight excluding hydrogens is 322 g/mol. The summed E-state index contributed by atoms with van der Waals surface area (Å²) in [5.41, 5.74) is 6.63. The van der Waals surface area contributed by atoms with Crippen LogP contribution in [0.5, 0.6) is 0 Å². The van der Waals surface area contributed by atoms with Gasteiger partial charge in [-0.2, -0.15) is 0 Å². The number of aryl methyl sites for hydroxylation is 4. The summed E-state index contributed by atoms with van der Waals surface area (Å²) in [5, 5.41) is 0. The van der Waals surface area contributed by atoms with Crippen LogP contribution in [0.3, 0.4) is 0 Å². The summed E-state index contributed by atoms with van der Waals surface area (Å²) < 4.78 is 4.09. The molecule has 26 heavy (non-hydrogen) atoms. The Morgan fingerprint density at radius 2 is 1.85 bits per heavy atom. The molecule has 4 aromatic rings. The van der Waals surface area contributed by atoms with Crippen LogP contribution in [0.2, 0.25) is 0 Å². The van der Waals surface area contributed by atoms with E-state index in [1.165, 1.54) is 11.1 Å². The van der Waals surface area contributed by atoms with Crippen molar-refractivity contribution in [2.45, 2.75) is 33.6 Å². The van der Waals surface area contributed by atoms with E-state index in [1.807, 2.05) is 50.2 Å². The van der Waals surface area contributed by atoms with Crippen LogP contribution in [0.4, 0.5) is 0 Å². The SMILES string of the molecule is CC.Cc1cccc(CCc2nccn3c(-c4cncn4C)cnc23)c1. The molecule has 0 amide bonds. The highest BCUT2D eigenvalue weighted by Crippen LogP contribution is 2.21. The molecule has 0 N–H and O–H groups in total. The van der Waals surface area contributed by atoms with Gasteiger partial charge in [0.05, 0.1) is 35.8 Å².